The third kappa shape index (κ3) is 5.42. The van der Waals surface area contributed by atoms with Crippen molar-refractivity contribution in [1.29, 1.82) is 0 Å². The highest BCUT2D eigenvalue weighted by atomic mass is 127. The molecular weight excluding hydrogens is 403 g/mol. The number of benzene rings is 2. The first-order valence-electron chi connectivity index (χ1n) is 7.34. The van der Waals surface area contributed by atoms with Gasteiger partial charge in [-0.15, -0.1) is 0 Å². The van der Waals surface area contributed by atoms with E-state index in [1.165, 1.54) is 0 Å². The maximum Gasteiger partial charge on any atom is 0.260 e. The first kappa shape index (κ1) is 17.6. The number of rotatable bonds is 6. The summed E-state index contributed by atoms with van der Waals surface area (Å²) in [6.07, 6.45) is 0. The minimum atomic E-state index is -0.0414. The molecule has 0 fully saturated rings. The van der Waals surface area contributed by atoms with Gasteiger partial charge in [0.05, 0.1) is 0 Å². The normalized spacial score (nSPS) is 10.3. The average Bonchev–Trinajstić information content (AvgIpc) is 2.54. The molecule has 0 aliphatic carbocycles. The van der Waals surface area contributed by atoms with E-state index in [-0.39, 0.29) is 12.5 Å². The number of hydrogen-bond donors (Lipinski definition) is 0. The number of anilines is 1. The van der Waals surface area contributed by atoms with E-state index >= 15 is 0 Å². The highest BCUT2D eigenvalue weighted by molar-refractivity contribution is 14.1. The average molecular weight is 424 g/mol. The fourth-order valence-corrected chi connectivity index (χ4v) is 2.41. The van der Waals surface area contributed by atoms with Gasteiger partial charge in [-0.05, 0) is 64.6 Å². The highest BCUT2D eigenvalue weighted by Gasteiger charge is 2.10. The van der Waals surface area contributed by atoms with Gasteiger partial charge in [-0.25, -0.2) is 0 Å². The van der Waals surface area contributed by atoms with Gasteiger partial charge in [0, 0.05) is 36.9 Å². The number of likely N-dealkylation sites (N-methyl/N-ethyl adjacent to an activating group) is 1. The number of carbonyl (C=O) groups excluding carboxylic acids is 1. The third-order valence-electron chi connectivity index (χ3n) is 3.47. The maximum absolute atomic E-state index is 12.2. The summed E-state index contributed by atoms with van der Waals surface area (Å²) in [6, 6.07) is 15.8. The second kappa shape index (κ2) is 8.19. The van der Waals surface area contributed by atoms with Gasteiger partial charge in [-0.1, -0.05) is 12.1 Å². The Kier molecular flexibility index (Phi) is 6.27. The summed E-state index contributed by atoms with van der Waals surface area (Å²) in [5.41, 5.74) is 2.24. The molecule has 0 unspecified atom stereocenters. The van der Waals surface area contributed by atoms with Crippen molar-refractivity contribution in [2.75, 3.05) is 32.6 Å². The molecule has 2 aromatic carbocycles. The Morgan fingerprint density at radius 2 is 1.61 bits per heavy atom. The molecule has 4 nitrogen and oxygen atoms in total. The molecule has 0 aromatic heterocycles. The molecule has 0 bridgehead atoms. The van der Waals surface area contributed by atoms with E-state index in [9.17, 15) is 4.79 Å². The fourth-order valence-electron chi connectivity index (χ4n) is 2.05. The van der Waals surface area contributed by atoms with Crippen molar-refractivity contribution in [1.82, 2.24) is 4.90 Å². The third-order valence-corrected chi connectivity index (χ3v) is 4.19. The minimum absolute atomic E-state index is 0.0414. The van der Waals surface area contributed by atoms with E-state index in [0.717, 1.165) is 14.8 Å². The van der Waals surface area contributed by atoms with Crippen LogP contribution in [0.2, 0.25) is 0 Å². The van der Waals surface area contributed by atoms with Crippen molar-refractivity contribution in [3.63, 3.8) is 0 Å². The van der Waals surface area contributed by atoms with E-state index in [0.29, 0.717) is 12.3 Å². The number of nitrogens with zero attached hydrogens (tertiary/aromatic N) is 2. The lowest BCUT2D eigenvalue weighted by atomic mass is 10.2. The Morgan fingerprint density at radius 1 is 1.00 bits per heavy atom. The molecular formula is C18H21IN2O2. The molecule has 0 N–H and O–H groups in total. The van der Waals surface area contributed by atoms with Crippen LogP contribution in [0.1, 0.15) is 5.56 Å². The van der Waals surface area contributed by atoms with Crippen LogP contribution in [0.25, 0.3) is 0 Å². The van der Waals surface area contributed by atoms with Gasteiger partial charge in [0.15, 0.2) is 6.61 Å². The fraction of sp³-hybridized carbons (Fsp3) is 0.278. The van der Waals surface area contributed by atoms with Crippen LogP contribution < -0.4 is 9.64 Å². The van der Waals surface area contributed by atoms with Crippen LogP contribution in [-0.2, 0) is 11.3 Å². The van der Waals surface area contributed by atoms with Gasteiger partial charge < -0.3 is 14.5 Å². The van der Waals surface area contributed by atoms with Crippen molar-refractivity contribution in [2.24, 2.45) is 0 Å². The van der Waals surface area contributed by atoms with Gasteiger partial charge >= 0.3 is 0 Å². The predicted octanol–water partition coefficient (Wildman–Crippen LogP) is 3.39. The number of carbonyl (C=O) groups is 1. The first-order chi connectivity index (χ1) is 11.0. The second-order valence-corrected chi connectivity index (χ2v) is 6.80. The SMILES string of the molecule is CN(Cc1ccc(N(C)C)cc1)C(=O)COc1ccc(I)cc1. The highest BCUT2D eigenvalue weighted by Crippen LogP contribution is 2.15. The van der Waals surface area contributed by atoms with Crippen LogP contribution in [-0.4, -0.2) is 38.6 Å². The van der Waals surface area contributed by atoms with Crippen LogP contribution >= 0.6 is 22.6 Å². The zero-order valence-electron chi connectivity index (χ0n) is 13.6. The molecule has 0 radical (unpaired) electrons. The summed E-state index contributed by atoms with van der Waals surface area (Å²) in [6.45, 7) is 0.620. The molecule has 0 spiro atoms. The number of ether oxygens (including phenoxy) is 1. The van der Waals surface area contributed by atoms with E-state index < -0.39 is 0 Å². The van der Waals surface area contributed by atoms with Gasteiger partial charge in [-0.3, -0.25) is 4.79 Å². The molecule has 1 amide bonds. The maximum atomic E-state index is 12.2. The van der Waals surface area contributed by atoms with Crippen LogP contribution in [0.3, 0.4) is 0 Å². The molecule has 0 aliphatic rings. The topological polar surface area (TPSA) is 32.8 Å². The standard InChI is InChI=1S/C18H21IN2O2/c1-20(2)16-8-4-14(5-9-16)12-21(3)18(22)13-23-17-10-6-15(19)7-11-17/h4-11H,12-13H2,1-3H3. The number of halogens is 1. The van der Waals surface area contributed by atoms with E-state index in [1.807, 2.05) is 55.4 Å². The lowest BCUT2D eigenvalue weighted by Gasteiger charge is -2.18. The monoisotopic (exact) mass is 424 g/mol. The summed E-state index contributed by atoms with van der Waals surface area (Å²) in [5.74, 6) is 0.669. The summed E-state index contributed by atoms with van der Waals surface area (Å²) < 4.78 is 6.67. The summed E-state index contributed by atoms with van der Waals surface area (Å²) >= 11 is 2.23. The van der Waals surface area contributed by atoms with Crippen molar-refractivity contribution in [3.05, 3.63) is 57.7 Å². The summed E-state index contributed by atoms with van der Waals surface area (Å²) in [5, 5.41) is 0. The molecule has 2 aromatic rings. The Bertz CT molecular complexity index is 639. The molecule has 0 aliphatic heterocycles. The van der Waals surface area contributed by atoms with Crippen LogP contribution in [0.5, 0.6) is 5.75 Å². The van der Waals surface area contributed by atoms with Gasteiger partial charge in [0.25, 0.3) is 5.91 Å². The lowest BCUT2D eigenvalue weighted by Crippen LogP contribution is -2.30. The van der Waals surface area contributed by atoms with Crippen LogP contribution in [0, 0.1) is 3.57 Å². The first-order valence-corrected chi connectivity index (χ1v) is 8.42. The van der Waals surface area contributed by atoms with E-state index in [2.05, 4.69) is 34.7 Å². The molecule has 0 heterocycles. The Balaban J connectivity index is 1.85. The minimum Gasteiger partial charge on any atom is -0.484 e. The summed E-state index contributed by atoms with van der Waals surface area (Å²) in [4.78, 5) is 15.9. The van der Waals surface area contributed by atoms with E-state index in [4.69, 9.17) is 4.74 Å². The van der Waals surface area contributed by atoms with Crippen molar-refractivity contribution >= 4 is 34.2 Å². The molecule has 0 saturated heterocycles. The number of hydrogen-bond acceptors (Lipinski definition) is 3. The van der Waals surface area contributed by atoms with Crippen molar-refractivity contribution in [2.45, 2.75) is 6.54 Å². The largest absolute Gasteiger partial charge is 0.484 e. The smallest absolute Gasteiger partial charge is 0.260 e. The molecule has 122 valence electrons. The lowest BCUT2D eigenvalue weighted by molar-refractivity contribution is -0.132. The molecule has 5 heteroatoms. The predicted molar refractivity (Wildman–Crippen MR) is 102 cm³/mol. The van der Waals surface area contributed by atoms with Crippen LogP contribution in [0.4, 0.5) is 5.69 Å². The molecule has 23 heavy (non-hydrogen) atoms. The van der Waals surface area contributed by atoms with Gasteiger partial charge in [0.2, 0.25) is 0 Å². The van der Waals surface area contributed by atoms with E-state index in [1.54, 1.807) is 11.9 Å². The molecule has 0 saturated carbocycles. The van der Waals surface area contributed by atoms with Gasteiger partial charge in [-0.2, -0.15) is 0 Å². The Morgan fingerprint density at radius 3 is 2.17 bits per heavy atom. The Hall–Kier alpha value is -1.76. The second-order valence-electron chi connectivity index (χ2n) is 5.55. The zero-order valence-corrected chi connectivity index (χ0v) is 15.8. The quantitative estimate of drug-likeness (QED) is 0.667. The Labute approximate surface area is 151 Å². The van der Waals surface area contributed by atoms with Crippen LogP contribution in [0.15, 0.2) is 48.5 Å². The van der Waals surface area contributed by atoms with Crippen molar-refractivity contribution < 1.29 is 9.53 Å². The zero-order chi connectivity index (χ0) is 16.8. The molecule has 0 atom stereocenters. The van der Waals surface area contributed by atoms with Crippen molar-refractivity contribution in [3.8, 4) is 5.75 Å². The number of amides is 1. The van der Waals surface area contributed by atoms with Gasteiger partial charge in [0.1, 0.15) is 5.75 Å². The summed E-state index contributed by atoms with van der Waals surface area (Å²) in [7, 11) is 5.80. The molecule has 2 rings (SSSR count).